The zero-order chi connectivity index (χ0) is 22.7. The van der Waals surface area contributed by atoms with Gasteiger partial charge in [-0.25, -0.2) is 4.68 Å². The molecule has 0 radical (unpaired) electrons. The third kappa shape index (κ3) is 5.23. The van der Waals surface area contributed by atoms with Gasteiger partial charge in [-0.05, 0) is 57.5 Å². The number of hydrogen-bond acceptors (Lipinski definition) is 6. The number of halogens is 2. The van der Waals surface area contributed by atoms with Gasteiger partial charge in [-0.3, -0.25) is 4.79 Å². The zero-order valence-electron chi connectivity index (χ0n) is 17.2. The van der Waals surface area contributed by atoms with Crippen molar-refractivity contribution < 1.29 is 14.6 Å². The number of aryl methyl sites for hydroxylation is 1. The predicted octanol–water partition coefficient (Wildman–Crippen LogP) is 4.32. The number of carbonyl (C=O) groups excluding carboxylic acids is 1. The number of aliphatic hydroxyl groups excluding tert-OH is 1. The fourth-order valence-electron chi connectivity index (χ4n) is 3.57. The molecule has 1 saturated heterocycles. The molecule has 0 bridgehead atoms. The first kappa shape index (κ1) is 22.6. The summed E-state index contributed by atoms with van der Waals surface area (Å²) >= 11 is 6.99. The van der Waals surface area contributed by atoms with Crippen molar-refractivity contribution in [3.8, 4) is 0 Å². The molecule has 0 saturated carbocycles. The molecule has 1 aliphatic heterocycles. The number of aromatic nitrogens is 4. The number of benzene rings is 2. The summed E-state index contributed by atoms with van der Waals surface area (Å²) < 4.78 is 8.93. The van der Waals surface area contributed by atoms with E-state index in [9.17, 15) is 9.90 Å². The third-order valence-corrected chi connectivity index (χ3v) is 6.12. The van der Waals surface area contributed by atoms with Gasteiger partial charge >= 0.3 is 5.97 Å². The summed E-state index contributed by atoms with van der Waals surface area (Å²) in [6, 6.07) is 16.0. The molecule has 1 fully saturated rings. The minimum Gasteiger partial charge on any atom is -0.458 e. The van der Waals surface area contributed by atoms with E-state index in [1.807, 2.05) is 54.6 Å². The van der Waals surface area contributed by atoms with E-state index in [0.717, 1.165) is 31.2 Å². The highest BCUT2D eigenvalue weighted by molar-refractivity contribution is 9.10. The summed E-state index contributed by atoms with van der Waals surface area (Å²) in [4.78, 5) is 11.8. The number of esters is 1. The molecule has 2 heterocycles. The van der Waals surface area contributed by atoms with Gasteiger partial charge < -0.3 is 9.84 Å². The van der Waals surface area contributed by atoms with E-state index in [0.29, 0.717) is 12.2 Å². The van der Waals surface area contributed by atoms with E-state index in [1.165, 1.54) is 0 Å². The van der Waals surface area contributed by atoms with Gasteiger partial charge in [0.2, 0.25) is 0 Å². The van der Waals surface area contributed by atoms with E-state index in [2.05, 4.69) is 47.4 Å². The van der Waals surface area contributed by atoms with Crippen molar-refractivity contribution in [2.45, 2.75) is 25.0 Å². The van der Waals surface area contributed by atoms with Crippen LogP contribution in [-0.4, -0.2) is 43.5 Å². The summed E-state index contributed by atoms with van der Waals surface area (Å²) in [5.41, 5.74) is 3.62. The van der Waals surface area contributed by atoms with E-state index in [4.69, 9.17) is 4.74 Å². The first-order valence-corrected chi connectivity index (χ1v) is 11.5. The van der Waals surface area contributed by atoms with Gasteiger partial charge in [-0.15, -0.1) is 5.10 Å². The van der Waals surface area contributed by atoms with Crippen LogP contribution >= 0.6 is 31.9 Å². The van der Waals surface area contributed by atoms with E-state index in [-0.39, 0.29) is 6.42 Å². The number of hydrogen-bond donors (Lipinski definition) is 1. The first-order valence-electron chi connectivity index (χ1n) is 9.95. The van der Waals surface area contributed by atoms with Crippen LogP contribution in [-0.2, 0) is 16.6 Å². The summed E-state index contributed by atoms with van der Waals surface area (Å²) in [5.74, 6) is 0.148. The Morgan fingerprint density at radius 1 is 1.09 bits per heavy atom. The van der Waals surface area contributed by atoms with Crippen LogP contribution < -0.4 is 0 Å². The maximum absolute atomic E-state index is 11.8. The van der Waals surface area contributed by atoms with Gasteiger partial charge in [0.05, 0.1) is 12.5 Å². The minimum atomic E-state index is -0.716. The van der Waals surface area contributed by atoms with Crippen LogP contribution in [0.3, 0.4) is 0 Å². The lowest BCUT2D eigenvalue weighted by atomic mass is 9.91. The average Bonchev–Trinajstić information content (AvgIpc) is 3.18. The Hall–Kier alpha value is -2.62. The van der Waals surface area contributed by atoms with E-state index < -0.39 is 18.2 Å². The van der Waals surface area contributed by atoms with Crippen molar-refractivity contribution in [2.75, 3.05) is 0 Å². The van der Waals surface area contributed by atoms with E-state index in [1.54, 1.807) is 17.8 Å². The van der Waals surface area contributed by atoms with E-state index >= 15 is 0 Å². The molecular weight excluding hydrogens is 540 g/mol. The highest BCUT2D eigenvalue weighted by Crippen LogP contribution is 2.34. The molecule has 1 N–H and O–H groups in total. The number of aliphatic hydroxyl groups is 1. The number of carbonyl (C=O) groups is 1. The van der Waals surface area contributed by atoms with Crippen molar-refractivity contribution in [3.05, 3.63) is 86.6 Å². The molecule has 3 aromatic rings. The molecular formula is C23H20Br2N4O3. The summed E-state index contributed by atoms with van der Waals surface area (Å²) in [7, 11) is 1.77. The lowest BCUT2D eigenvalue weighted by Crippen LogP contribution is -2.31. The van der Waals surface area contributed by atoms with Gasteiger partial charge in [-0.1, -0.05) is 62.2 Å². The maximum atomic E-state index is 11.8. The minimum absolute atomic E-state index is 0.0171. The molecule has 4 rings (SSSR count). The smallest absolute Gasteiger partial charge is 0.309 e. The van der Waals surface area contributed by atoms with Crippen molar-refractivity contribution in [1.82, 2.24) is 20.2 Å². The van der Waals surface area contributed by atoms with Gasteiger partial charge in [0, 0.05) is 28.0 Å². The summed E-state index contributed by atoms with van der Waals surface area (Å²) in [6.07, 6.45) is 2.76. The van der Waals surface area contributed by atoms with Gasteiger partial charge in [0.1, 0.15) is 6.10 Å². The number of tetrazole rings is 1. The Kier molecular flexibility index (Phi) is 6.98. The highest BCUT2D eigenvalue weighted by Gasteiger charge is 2.26. The maximum Gasteiger partial charge on any atom is 0.309 e. The molecule has 32 heavy (non-hydrogen) atoms. The van der Waals surface area contributed by atoms with Crippen LogP contribution in [0.5, 0.6) is 0 Å². The van der Waals surface area contributed by atoms with Gasteiger partial charge in [0.15, 0.2) is 5.82 Å². The second-order valence-corrected chi connectivity index (χ2v) is 9.24. The molecule has 0 unspecified atom stereocenters. The van der Waals surface area contributed by atoms with Crippen LogP contribution in [0.15, 0.2) is 69.6 Å². The normalized spacial score (nSPS) is 18.6. The van der Waals surface area contributed by atoms with Crippen LogP contribution in [0.25, 0.3) is 11.1 Å². The number of ether oxygens (including phenoxy) is 1. The Labute approximate surface area is 202 Å². The summed E-state index contributed by atoms with van der Waals surface area (Å²) in [6.45, 7) is 0. The molecule has 1 aromatic heterocycles. The molecule has 0 spiro atoms. The topological polar surface area (TPSA) is 90.1 Å². The largest absolute Gasteiger partial charge is 0.458 e. The molecule has 164 valence electrons. The van der Waals surface area contributed by atoms with Gasteiger partial charge in [0.25, 0.3) is 0 Å². The monoisotopic (exact) mass is 558 g/mol. The second kappa shape index (κ2) is 9.89. The quantitative estimate of drug-likeness (QED) is 0.370. The second-order valence-electron chi connectivity index (χ2n) is 7.41. The SMILES string of the molecule is Cn1nnnc1C(C=C[C@@H]1C[C@@H](O)CC(=O)O1)=C(c1ccc(Br)cc1)c1ccc(Br)cc1. The number of cyclic esters (lactones) is 1. The van der Waals surface area contributed by atoms with Crippen LogP contribution in [0, 0.1) is 0 Å². The Morgan fingerprint density at radius 2 is 1.69 bits per heavy atom. The standard InChI is InChI=1S/C23H20Br2N4O3/c1-29-23(26-27-28-29)20(11-10-19-12-18(30)13-21(31)32-19)22(14-2-6-16(24)7-3-14)15-4-8-17(25)9-5-15/h2-11,18-19,30H,12-13H2,1H3/t18-,19-/m1/s1. The first-order chi connectivity index (χ1) is 15.4. The lowest BCUT2D eigenvalue weighted by molar-refractivity contribution is -0.156. The molecule has 0 amide bonds. The van der Waals surface area contributed by atoms with Crippen LogP contribution in [0.2, 0.25) is 0 Å². The molecule has 2 atom stereocenters. The van der Waals surface area contributed by atoms with Crippen LogP contribution in [0.4, 0.5) is 0 Å². The van der Waals surface area contributed by atoms with Gasteiger partial charge in [-0.2, -0.15) is 0 Å². The zero-order valence-corrected chi connectivity index (χ0v) is 20.3. The molecule has 1 aliphatic rings. The Morgan fingerprint density at radius 3 is 2.19 bits per heavy atom. The fourth-order valence-corrected chi connectivity index (χ4v) is 4.10. The summed E-state index contributed by atoms with van der Waals surface area (Å²) in [5, 5.41) is 22.0. The molecule has 9 heteroatoms. The average molecular weight is 560 g/mol. The number of allylic oxidation sites excluding steroid dienone is 2. The number of rotatable bonds is 5. The van der Waals surface area contributed by atoms with Crippen LogP contribution in [0.1, 0.15) is 29.8 Å². The van der Waals surface area contributed by atoms with Crippen molar-refractivity contribution in [2.24, 2.45) is 7.05 Å². The van der Waals surface area contributed by atoms with Crippen molar-refractivity contribution >= 4 is 49.0 Å². The lowest BCUT2D eigenvalue weighted by Gasteiger charge is -2.23. The highest BCUT2D eigenvalue weighted by atomic mass is 79.9. The molecule has 0 aliphatic carbocycles. The molecule has 2 aromatic carbocycles. The Balaban J connectivity index is 1.90. The third-order valence-electron chi connectivity index (χ3n) is 5.06. The number of nitrogens with zero attached hydrogens (tertiary/aromatic N) is 4. The molecule has 7 nitrogen and oxygen atoms in total. The van der Waals surface area contributed by atoms with Crippen molar-refractivity contribution in [3.63, 3.8) is 0 Å². The predicted molar refractivity (Wildman–Crippen MR) is 127 cm³/mol. The fraction of sp³-hybridized carbons (Fsp3) is 0.217. The Bertz CT molecular complexity index is 1120. The van der Waals surface area contributed by atoms with Crippen molar-refractivity contribution in [1.29, 1.82) is 0 Å².